The topological polar surface area (TPSA) is 57.6 Å². The van der Waals surface area contributed by atoms with Crippen LogP contribution in [-0.4, -0.2) is 34.5 Å². The minimum absolute atomic E-state index is 0.177. The first-order chi connectivity index (χ1) is 6.00. The number of hydrogen-bond acceptors (Lipinski definition) is 2. The van der Waals surface area contributed by atoms with Gasteiger partial charge in [0.2, 0.25) is 5.91 Å². The second kappa shape index (κ2) is 3.36. The zero-order chi connectivity index (χ0) is 10.1. The summed E-state index contributed by atoms with van der Waals surface area (Å²) in [6.45, 7) is 1.41. The molecule has 0 saturated heterocycles. The second-order valence-corrected chi connectivity index (χ2v) is 3.62. The molecular formula is C9H15NO3. The molecule has 1 fully saturated rings. The molecule has 4 nitrogen and oxygen atoms in total. The van der Waals surface area contributed by atoms with E-state index in [0.29, 0.717) is 12.8 Å². The fraction of sp³-hybridized carbons (Fsp3) is 0.778. The smallest absolute Gasteiger partial charge is 0.329 e. The molecule has 0 radical (unpaired) electrons. The molecule has 1 saturated carbocycles. The van der Waals surface area contributed by atoms with Gasteiger partial charge in [-0.1, -0.05) is 12.8 Å². The van der Waals surface area contributed by atoms with Crippen LogP contribution in [0.2, 0.25) is 0 Å². The summed E-state index contributed by atoms with van der Waals surface area (Å²) in [5.74, 6) is -1.05. The molecule has 0 heterocycles. The molecule has 1 amide bonds. The Hall–Kier alpha value is -1.06. The Bertz CT molecular complexity index is 231. The first-order valence-electron chi connectivity index (χ1n) is 4.48. The van der Waals surface area contributed by atoms with Gasteiger partial charge in [-0.2, -0.15) is 0 Å². The van der Waals surface area contributed by atoms with E-state index in [4.69, 9.17) is 5.11 Å². The highest BCUT2D eigenvalue weighted by Crippen LogP contribution is 2.34. The van der Waals surface area contributed by atoms with Crippen molar-refractivity contribution >= 4 is 11.9 Å². The van der Waals surface area contributed by atoms with E-state index in [1.165, 1.54) is 11.8 Å². The molecule has 0 atom stereocenters. The maximum Gasteiger partial charge on any atom is 0.329 e. The average Bonchev–Trinajstić information content (AvgIpc) is 2.51. The van der Waals surface area contributed by atoms with Gasteiger partial charge in [0.05, 0.1) is 0 Å². The first-order valence-corrected chi connectivity index (χ1v) is 4.48. The van der Waals surface area contributed by atoms with Crippen LogP contribution in [0, 0.1) is 0 Å². The summed E-state index contributed by atoms with van der Waals surface area (Å²) < 4.78 is 0. The molecular weight excluding hydrogens is 170 g/mol. The number of carboxylic acids is 1. The van der Waals surface area contributed by atoms with Crippen molar-refractivity contribution in [2.24, 2.45) is 0 Å². The Morgan fingerprint density at radius 1 is 1.31 bits per heavy atom. The molecule has 1 aliphatic rings. The molecule has 0 bridgehead atoms. The van der Waals surface area contributed by atoms with Crippen LogP contribution >= 0.6 is 0 Å². The van der Waals surface area contributed by atoms with E-state index >= 15 is 0 Å². The lowest BCUT2D eigenvalue weighted by atomic mass is 9.96. The number of aliphatic carboxylic acids is 1. The summed E-state index contributed by atoms with van der Waals surface area (Å²) in [6, 6.07) is 0. The van der Waals surface area contributed by atoms with Gasteiger partial charge < -0.3 is 10.0 Å². The molecule has 0 spiro atoms. The molecule has 0 aromatic carbocycles. The van der Waals surface area contributed by atoms with E-state index in [1.807, 2.05) is 0 Å². The van der Waals surface area contributed by atoms with Gasteiger partial charge >= 0.3 is 5.97 Å². The zero-order valence-electron chi connectivity index (χ0n) is 8.04. The lowest BCUT2D eigenvalue weighted by Crippen LogP contribution is -2.52. The maximum atomic E-state index is 11.1. The van der Waals surface area contributed by atoms with Crippen molar-refractivity contribution < 1.29 is 14.7 Å². The summed E-state index contributed by atoms with van der Waals surface area (Å²) in [4.78, 5) is 23.5. The van der Waals surface area contributed by atoms with Crippen LogP contribution in [0.3, 0.4) is 0 Å². The van der Waals surface area contributed by atoms with E-state index in [9.17, 15) is 9.59 Å². The minimum atomic E-state index is -0.925. The highest BCUT2D eigenvalue weighted by molar-refractivity contribution is 5.86. The van der Waals surface area contributed by atoms with Crippen molar-refractivity contribution in [2.75, 3.05) is 7.05 Å². The fourth-order valence-corrected chi connectivity index (χ4v) is 1.95. The van der Waals surface area contributed by atoms with Crippen LogP contribution in [0.1, 0.15) is 32.6 Å². The third kappa shape index (κ3) is 1.53. The molecule has 74 valence electrons. The third-order valence-electron chi connectivity index (χ3n) is 2.94. The number of nitrogens with zero attached hydrogens (tertiary/aromatic N) is 1. The van der Waals surface area contributed by atoms with Gasteiger partial charge in [-0.05, 0) is 12.8 Å². The van der Waals surface area contributed by atoms with E-state index in [0.717, 1.165) is 12.8 Å². The number of rotatable bonds is 2. The lowest BCUT2D eigenvalue weighted by molar-refractivity contribution is -0.156. The Kier molecular flexibility index (Phi) is 2.59. The molecule has 4 heteroatoms. The van der Waals surface area contributed by atoms with Crippen LogP contribution in [0.15, 0.2) is 0 Å². The maximum absolute atomic E-state index is 11.1. The first kappa shape index (κ1) is 10.0. The third-order valence-corrected chi connectivity index (χ3v) is 2.94. The molecule has 1 rings (SSSR count). The van der Waals surface area contributed by atoms with Gasteiger partial charge in [0, 0.05) is 14.0 Å². The van der Waals surface area contributed by atoms with Crippen LogP contribution < -0.4 is 0 Å². The Morgan fingerprint density at radius 3 is 2.08 bits per heavy atom. The normalized spacial score (nSPS) is 19.8. The summed E-state index contributed by atoms with van der Waals surface area (Å²) in [6.07, 6.45) is 2.95. The number of carbonyl (C=O) groups is 2. The average molecular weight is 185 g/mol. The lowest BCUT2D eigenvalue weighted by Gasteiger charge is -2.33. The molecule has 0 aromatic rings. The van der Waals surface area contributed by atoms with Gasteiger partial charge in [0.25, 0.3) is 0 Å². The number of hydrogen-bond donors (Lipinski definition) is 1. The van der Waals surface area contributed by atoms with Crippen LogP contribution in [0.4, 0.5) is 0 Å². The quantitative estimate of drug-likeness (QED) is 0.694. The van der Waals surface area contributed by atoms with Crippen molar-refractivity contribution in [3.05, 3.63) is 0 Å². The standard InChI is InChI=1S/C9H15NO3/c1-7(11)10(2)9(8(12)13)5-3-4-6-9/h3-6H2,1-2H3,(H,12,13). The molecule has 1 aliphatic carbocycles. The second-order valence-electron chi connectivity index (χ2n) is 3.62. The van der Waals surface area contributed by atoms with Crippen molar-refractivity contribution in [1.82, 2.24) is 4.90 Å². The van der Waals surface area contributed by atoms with Crippen molar-refractivity contribution in [3.63, 3.8) is 0 Å². The van der Waals surface area contributed by atoms with Gasteiger partial charge in [0.1, 0.15) is 5.54 Å². The van der Waals surface area contributed by atoms with E-state index in [-0.39, 0.29) is 5.91 Å². The van der Waals surface area contributed by atoms with Crippen LogP contribution in [0.25, 0.3) is 0 Å². The Labute approximate surface area is 77.5 Å². The van der Waals surface area contributed by atoms with Crippen LogP contribution in [0.5, 0.6) is 0 Å². The van der Waals surface area contributed by atoms with Crippen LogP contribution in [-0.2, 0) is 9.59 Å². The van der Waals surface area contributed by atoms with E-state index in [2.05, 4.69) is 0 Å². The number of carboxylic acid groups (broad SMARTS) is 1. The van der Waals surface area contributed by atoms with Gasteiger partial charge in [-0.25, -0.2) is 4.79 Å². The molecule has 0 unspecified atom stereocenters. The minimum Gasteiger partial charge on any atom is -0.479 e. The van der Waals surface area contributed by atoms with E-state index in [1.54, 1.807) is 7.05 Å². The molecule has 13 heavy (non-hydrogen) atoms. The number of likely N-dealkylation sites (N-methyl/N-ethyl adjacent to an activating group) is 1. The van der Waals surface area contributed by atoms with Gasteiger partial charge in [-0.15, -0.1) is 0 Å². The monoisotopic (exact) mass is 185 g/mol. The Balaban J connectivity index is 2.90. The number of carbonyl (C=O) groups excluding carboxylic acids is 1. The van der Waals surface area contributed by atoms with Gasteiger partial charge in [-0.3, -0.25) is 4.79 Å². The molecule has 1 N–H and O–H groups in total. The number of amides is 1. The summed E-state index contributed by atoms with van der Waals surface area (Å²) in [5, 5.41) is 9.09. The summed E-state index contributed by atoms with van der Waals surface area (Å²) in [7, 11) is 1.57. The van der Waals surface area contributed by atoms with Crippen molar-refractivity contribution in [3.8, 4) is 0 Å². The largest absolute Gasteiger partial charge is 0.479 e. The van der Waals surface area contributed by atoms with Crippen molar-refractivity contribution in [1.29, 1.82) is 0 Å². The summed E-state index contributed by atoms with van der Waals surface area (Å²) in [5.41, 5.74) is -0.925. The Morgan fingerprint density at radius 2 is 1.77 bits per heavy atom. The summed E-state index contributed by atoms with van der Waals surface area (Å²) >= 11 is 0. The van der Waals surface area contributed by atoms with Crippen molar-refractivity contribution in [2.45, 2.75) is 38.1 Å². The highest BCUT2D eigenvalue weighted by atomic mass is 16.4. The highest BCUT2D eigenvalue weighted by Gasteiger charge is 2.45. The van der Waals surface area contributed by atoms with E-state index < -0.39 is 11.5 Å². The molecule has 0 aromatic heterocycles. The fourth-order valence-electron chi connectivity index (χ4n) is 1.95. The predicted molar refractivity (Wildman–Crippen MR) is 47.3 cm³/mol. The SMILES string of the molecule is CC(=O)N(C)C1(C(=O)O)CCCC1. The zero-order valence-corrected chi connectivity index (χ0v) is 8.04. The molecule has 0 aliphatic heterocycles. The predicted octanol–water partition coefficient (Wildman–Crippen LogP) is 0.862. The van der Waals surface area contributed by atoms with Gasteiger partial charge in [0.15, 0.2) is 0 Å².